The Morgan fingerprint density at radius 1 is 1.53 bits per heavy atom. The Labute approximate surface area is 93.6 Å². The highest BCUT2D eigenvalue weighted by Crippen LogP contribution is 2.23. The lowest BCUT2D eigenvalue weighted by atomic mass is 10.1. The fraction of sp³-hybridized carbons (Fsp3) is 0.364. The fourth-order valence-electron chi connectivity index (χ4n) is 1.22. The van der Waals surface area contributed by atoms with Crippen LogP contribution in [0.25, 0.3) is 0 Å². The molecule has 0 bridgehead atoms. The third kappa shape index (κ3) is 3.22. The first-order valence-corrected chi connectivity index (χ1v) is 5.04. The molecule has 4 heteroatoms. The van der Waals surface area contributed by atoms with Gasteiger partial charge in [0.25, 0.3) is 0 Å². The number of Topliss-reactive ketones (excluding diaryl/α,β-unsaturated/α-hetero) is 1. The zero-order chi connectivity index (χ0) is 11.3. The molecule has 0 aliphatic rings. The number of rotatable bonds is 5. The average molecular weight is 229 g/mol. The van der Waals surface area contributed by atoms with E-state index >= 15 is 0 Å². The number of methoxy groups -OCH3 is 1. The molecule has 0 saturated heterocycles. The summed E-state index contributed by atoms with van der Waals surface area (Å²) in [6.07, 6.45) is 0.768. The van der Waals surface area contributed by atoms with E-state index in [1.165, 1.54) is 0 Å². The highest BCUT2D eigenvalue weighted by Gasteiger charge is 2.10. The minimum absolute atomic E-state index is 0.0134. The van der Waals surface area contributed by atoms with Crippen LogP contribution in [0.1, 0.15) is 23.2 Å². The van der Waals surface area contributed by atoms with Crippen molar-refractivity contribution in [1.82, 2.24) is 0 Å². The predicted molar refractivity (Wildman–Crippen MR) is 58.7 cm³/mol. The minimum atomic E-state index is -0.0586. The van der Waals surface area contributed by atoms with E-state index in [4.69, 9.17) is 21.4 Å². The first-order valence-electron chi connectivity index (χ1n) is 4.66. The van der Waals surface area contributed by atoms with Crippen molar-refractivity contribution in [3.05, 3.63) is 28.8 Å². The van der Waals surface area contributed by atoms with Gasteiger partial charge >= 0.3 is 0 Å². The van der Waals surface area contributed by atoms with Crippen molar-refractivity contribution in [2.24, 2.45) is 0 Å². The number of halogens is 1. The van der Waals surface area contributed by atoms with Crippen molar-refractivity contribution in [3.8, 4) is 5.75 Å². The molecule has 0 aromatic heterocycles. The van der Waals surface area contributed by atoms with Crippen LogP contribution in [0.15, 0.2) is 18.2 Å². The number of benzene rings is 1. The summed E-state index contributed by atoms with van der Waals surface area (Å²) in [4.78, 5) is 11.6. The maximum Gasteiger partial charge on any atom is 0.164 e. The first-order chi connectivity index (χ1) is 7.19. The second-order valence-corrected chi connectivity index (χ2v) is 3.50. The molecule has 0 amide bonds. The number of hydrogen-bond acceptors (Lipinski definition) is 3. The summed E-state index contributed by atoms with van der Waals surface area (Å²) in [5, 5.41) is 8.99. The maximum atomic E-state index is 11.6. The number of carbonyl (C=O) groups excluding carboxylic acids is 1. The third-order valence-electron chi connectivity index (χ3n) is 2.04. The maximum absolute atomic E-state index is 11.6. The third-order valence-corrected chi connectivity index (χ3v) is 2.35. The zero-order valence-corrected chi connectivity index (χ0v) is 9.25. The van der Waals surface area contributed by atoms with Gasteiger partial charge in [-0.3, -0.25) is 4.79 Å². The molecule has 1 rings (SSSR count). The molecule has 0 aliphatic heterocycles. The van der Waals surface area contributed by atoms with Crippen LogP contribution < -0.4 is 4.74 Å². The largest absolute Gasteiger partial charge is 0.497 e. The van der Waals surface area contributed by atoms with Gasteiger partial charge in [0, 0.05) is 18.6 Å². The summed E-state index contributed by atoms with van der Waals surface area (Å²) >= 11 is 5.92. The van der Waals surface area contributed by atoms with Crippen LogP contribution in [0, 0.1) is 0 Å². The van der Waals surface area contributed by atoms with Crippen LogP contribution in [0.4, 0.5) is 0 Å². The van der Waals surface area contributed by atoms with Gasteiger partial charge in [-0.1, -0.05) is 11.6 Å². The average Bonchev–Trinajstić information content (AvgIpc) is 2.25. The second-order valence-electron chi connectivity index (χ2n) is 3.10. The molecule has 0 heterocycles. The van der Waals surface area contributed by atoms with E-state index < -0.39 is 0 Å². The quantitative estimate of drug-likeness (QED) is 0.787. The van der Waals surface area contributed by atoms with Crippen LogP contribution in [-0.2, 0) is 0 Å². The molecule has 0 radical (unpaired) electrons. The molecule has 1 N–H and O–H groups in total. The van der Waals surface area contributed by atoms with E-state index in [1.54, 1.807) is 25.3 Å². The van der Waals surface area contributed by atoms with Gasteiger partial charge in [0.15, 0.2) is 5.78 Å². The van der Waals surface area contributed by atoms with Crippen molar-refractivity contribution in [1.29, 1.82) is 0 Å². The summed E-state index contributed by atoms with van der Waals surface area (Å²) in [5.74, 6) is 0.565. The minimum Gasteiger partial charge on any atom is -0.497 e. The van der Waals surface area contributed by atoms with E-state index in [0.29, 0.717) is 29.2 Å². The van der Waals surface area contributed by atoms with Crippen molar-refractivity contribution in [2.45, 2.75) is 12.8 Å². The van der Waals surface area contributed by atoms with Gasteiger partial charge in [0.1, 0.15) is 5.75 Å². The normalized spacial score (nSPS) is 10.1. The Bertz CT molecular complexity index is 350. The van der Waals surface area contributed by atoms with E-state index in [2.05, 4.69) is 0 Å². The van der Waals surface area contributed by atoms with Crippen molar-refractivity contribution >= 4 is 17.4 Å². The lowest BCUT2D eigenvalue weighted by molar-refractivity contribution is 0.0971. The monoisotopic (exact) mass is 228 g/mol. The molecule has 15 heavy (non-hydrogen) atoms. The topological polar surface area (TPSA) is 46.5 Å². The lowest BCUT2D eigenvalue weighted by Gasteiger charge is -2.05. The molecule has 0 saturated carbocycles. The lowest BCUT2D eigenvalue weighted by Crippen LogP contribution is -2.01. The Balaban J connectivity index is 2.81. The molecule has 0 aliphatic carbocycles. The molecule has 0 spiro atoms. The van der Waals surface area contributed by atoms with Gasteiger partial charge in [-0.15, -0.1) is 0 Å². The van der Waals surface area contributed by atoms with Gasteiger partial charge in [-0.25, -0.2) is 0 Å². The van der Waals surface area contributed by atoms with Crippen LogP contribution in [0.2, 0.25) is 5.02 Å². The predicted octanol–water partition coefficient (Wildman–Crippen LogP) is 2.30. The molecule has 0 unspecified atom stereocenters. The summed E-state index contributed by atoms with van der Waals surface area (Å²) < 4.78 is 4.98. The van der Waals surface area contributed by atoms with Gasteiger partial charge in [-0.2, -0.15) is 0 Å². The summed E-state index contributed by atoms with van der Waals surface area (Å²) in [6.45, 7) is 0.0134. The molecule has 0 fully saturated rings. The van der Waals surface area contributed by atoms with Crippen LogP contribution in [0.3, 0.4) is 0 Å². The van der Waals surface area contributed by atoms with Crippen LogP contribution in [-0.4, -0.2) is 24.6 Å². The number of ether oxygens (including phenoxy) is 1. The smallest absolute Gasteiger partial charge is 0.164 e. The van der Waals surface area contributed by atoms with E-state index in [-0.39, 0.29) is 12.4 Å². The Morgan fingerprint density at radius 2 is 2.27 bits per heavy atom. The molecule has 1 aromatic carbocycles. The summed E-state index contributed by atoms with van der Waals surface area (Å²) in [7, 11) is 1.54. The van der Waals surface area contributed by atoms with E-state index in [9.17, 15) is 4.79 Å². The van der Waals surface area contributed by atoms with Gasteiger partial charge in [0.2, 0.25) is 0 Å². The number of ketones is 1. The SMILES string of the molecule is COc1ccc(C(=O)CCCO)c(Cl)c1. The Hall–Kier alpha value is -1.06. The number of aliphatic hydroxyl groups is 1. The molecular formula is C11H13ClO3. The van der Waals surface area contributed by atoms with Gasteiger partial charge in [-0.05, 0) is 24.6 Å². The highest BCUT2D eigenvalue weighted by atomic mass is 35.5. The molecule has 1 aromatic rings. The molecular weight excluding hydrogens is 216 g/mol. The number of aliphatic hydroxyl groups excluding tert-OH is 1. The van der Waals surface area contributed by atoms with Gasteiger partial charge in [0.05, 0.1) is 12.1 Å². The first kappa shape index (κ1) is 12.0. The standard InChI is InChI=1S/C11H13ClO3/c1-15-8-4-5-9(10(12)7-8)11(14)3-2-6-13/h4-5,7,13H,2-3,6H2,1H3. The van der Waals surface area contributed by atoms with Crippen molar-refractivity contribution in [3.63, 3.8) is 0 Å². The number of hydrogen-bond donors (Lipinski definition) is 1. The fourth-order valence-corrected chi connectivity index (χ4v) is 1.50. The van der Waals surface area contributed by atoms with E-state index in [1.807, 2.05) is 0 Å². The summed E-state index contributed by atoms with van der Waals surface area (Å²) in [6, 6.07) is 4.94. The van der Waals surface area contributed by atoms with Crippen LogP contribution >= 0.6 is 11.6 Å². The van der Waals surface area contributed by atoms with Crippen molar-refractivity contribution < 1.29 is 14.6 Å². The molecule has 0 atom stereocenters. The Kier molecular flexibility index (Phi) is 4.59. The Morgan fingerprint density at radius 3 is 2.80 bits per heavy atom. The molecule has 3 nitrogen and oxygen atoms in total. The van der Waals surface area contributed by atoms with Crippen LogP contribution in [0.5, 0.6) is 5.75 Å². The van der Waals surface area contributed by atoms with E-state index in [0.717, 1.165) is 0 Å². The second kappa shape index (κ2) is 5.73. The number of carbonyl (C=O) groups is 1. The zero-order valence-electron chi connectivity index (χ0n) is 8.50. The van der Waals surface area contributed by atoms with Crippen molar-refractivity contribution in [2.75, 3.05) is 13.7 Å². The summed E-state index contributed by atoms with van der Waals surface area (Å²) in [5.41, 5.74) is 0.478. The van der Waals surface area contributed by atoms with Gasteiger partial charge < -0.3 is 9.84 Å². The molecule has 82 valence electrons. The highest BCUT2D eigenvalue weighted by molar-refractivity contribution is 6.34.